The van der Waals surface area contributed by atoms with Crippen LogP contribution in [0.15, 0.2) is 30.6 Å². The minimum Gasteiger partial charge on any atom is -0.385 e. The minimum absolute atomic E-state index is 0.365. The summed E-state index contributed by atoms with van der Waals surface area (Å²) in [6, 6.07) is 4.77. The summed E-state index contributed by atoms with van der Waals surface area (Å²) < 4.78 is 0. The van der Waals surface area contributed by atoms with Crippen molar-refractivity contribution in [3.63, 3.8) is 0 Å². The van der Waals surface area contributed by atoms with E-state index in [4.69, 9.17) is 5.73 Å². The van der Waals surface area contributed by atoms with Gasteiger partial charge in [0.1, 0.15) is 6.10 Å². The third-order valence-corrected chi connectivity index (χ3v) is 2.43. The number of rotatable bonds is 3. The van der Waals surface area contributed by atoms with Crippen molar-refractivity contribution in [2.24, 2.45) is 5.73 Å². The number of fused-ring (bicyclic) bond motifs is 1. The molecule has 2 rings (SSSR count). The van der Waals surface area contributed by atoms with E-state index in [1.165, 1.54) is 6.20 Å². The van der Waals surface area contributed by atoms with Crippen molar-refractivity contribution >= 4 is 16.9 Å². The van der Waals surface area contributed by atoms with Crippen LogP contribution >= 0.6 is 0 Å². The van der Waals surface area contributed by atoms with E-state index in [-0.39, 0.29) is 0 Å². The van der Waals surface area contributed by atoms with Crippen molar-refractivity contribution in [2.45, 2.75) is 12.2 Å². The van der Waals surface area contributed by atoms with Crippen molar-refractivity contribution in [3.8, 4) is 0 Å². The molecule has 0 saturated heterocycles. The fraction of sp³-hybridized carbons (Fsp3) is 0.182. The van der Waals surface area contributed by atoms with E-state index in [0.717, 1.165) is 0 Å². The molecule has 6 nitrogen and oxygen atoms in total. The first-order valence-electron chi connectivity index (χ1n) is 4.95. The highest BCUT2D eigenvalue weighted by Gasteiger charge is 2.23. The lowest BCUT2D eigenvalue weighted by Gasteiger charge is -2.15. The van der Waals surface area contributed by atoms with Gasteiger partial charge in [0.2, 0.25) is 5.91 Å². The maximum atomic E-state index is 10.8. The number of hydrogen-bond donors (Lipinski definition) is 3. The Labute approximate surface area is 96.7 Å². The Morgan fingerprint density at radius 2 is 1.82 bits per heavy atom. The van der Waals surface area contributed by atoms with Crippen LogP contribution in [-0.2, 0) is 4.79 Å². The number of aliphatic hydroxyl groups excluding tert-OH is 2. The lowest BCUT2D eigenvalue weighted by atomic mass is 10.0. The Morgan fingerprint density at radius 1 is 1.18 bits per heavy atom. The van der Waals surface area contributed by atoms with Gasteiger partial charge in [0.05, 0.1) is 11.0 Å². The summed E-state index contributed by atoms with van der Waals surface area (Å²) in [4.78, 5) is 18.9. The van der Waals surface area contributed by atoms with Gasteiger partial charge in [-0.15, -0.1) is 0 Å². The zero-order valence-corrected chi connectivity index (χ0v) is 8.82. The molecule has 0 aliphatic heterocycles. The van der Waals surface area contributed by atoms with Crippen LogP contribution in [0.4, 0.5) is 0 Å². The molecule has 1 amide bonds. The van der Waals surface area contributed by atoms with Gasteiger partial charge in [0.25, 0.3) is 0 Å². The van der Waals surface area contributed by atoms with Gasteiger partial charge in [-0.1, -0.05) is 6.07 Å². The van der Waals surface area contributed by atoms with Crippen LogP contribution in [0.3, 0.4) is 0 Å². The van der Waals surface area contributed by atoms with Gasteiger partial charge in [-0.3, -0.25) is 14.8 Å². The summed E-state index contributed by atoms with van der Waals surface area (Å²) in [5.74, 6) is -0.975. The van der Waals surface area contributed by atoms with E-state index >= 15 is 0 Å². The largest absolute Gasteiger partial charge is 0.385 e. The SMILES string of the molecule is NC(=O)C(O)C(O)c1ccc2nccnc2c1. The summed E-state index contributed by atoms with van der Waals surface area (Å²) >= 11 is 0. The normalized spacial score (nSPS) is 14.5. The monoisotopic (exact) mass is 233 g/mol. The van der Waals surface area contributed by atoms with E-state index in [0.29, 0.717) is 16.6 Å². The number of hydrogen-bond acceptors (Lipinski definition) is 5. The molecule has 2 atom stereocenters. The van der Waals surface area contributed by atoms with Crippen molar-refractivity contribution in [1.29, 1.82) is 0 Å². The number of nitrogens with two attached hydrogens (primary N) is 1. The van der Waals surface area contributed by atoms with E-state index in [2.05, 4.69) is 9.97 Å². The van der Waals surface area contributed by atoms with Crippen LogP contribution in [-0.4, -0.2) is 32.2 Å². The smallest absolute Gasteiger partial charge is 0.249 e. The highest BCUT2D eigenvalue weighted by atomic mass is 16.3. The van der Waals surface area contributed by atoms with Crippen LogP contribution < -0.4 is 5.73 Å². The molecule has 1 heterocycles. The maximum absolute atomic E-state index is 10.8. The highest BCUT2D eigenvalue weighted by molar-refractivity contribution is 5.80. The van der Waals surface area contributed by atoms with Crippen LogP contribution in [0.2, 0.25) is 0 Å². The molecule has 17 heavy (non-hydrogen) atoms. The quantitative estimate of drug-likeness (QED) is 0.662. The number of benzene rings is 1. The molecular formula is C11H11N3O3. The van der Waals surface area contributed by atoms with Gasteiger partial charge in [-0.2, -0.15) is 0 Å². The first-order valence-corrected chi connectivity index (χ1v) is 4.95. The summed E-state index contributed by atoms with van der Waals surface area (Å²) in [6.45, 7) is 0. The van der Waals surface area contributed by atoms with Crippen LogP contribution in [0.25, 0.3) is 11.0 Å². The summed E-state index contributed by atoms with van der Waals surface area (Å²) in [5, 5.41) is 19.1. The van der Waals surface area contributed by atoms with Crippen LogP contribution in [0.1, 0.15) is 11.7 Å². The zero-order valence-electron chi connectivity index (χ0n) is 8.82. The fourth-order valence-corrected chi connectivity index (χ4v) is 1.50. The van der Waals surface area contributed by atoms with Crippen molar-refractivity contribution < 1.29 is 15.0 Å². The third-order valence-electron chi connectivity index (χ3n) is 2.43. The lowest BCUT2D eigenvalue weighted by molar-refractivity contribution is -0.131. The van der Waals surface area contributed by atoms with Crippen LogP contribution in [0.5, 0.6) is 0 Å². The Hall–Kier alpha value is -2.05. The molecule has 6 heteroatoms. The number of aromatic nitrogens is 2. The molecule has 0 fully saturated rings. The molecule has 0 radical (unpaired) electrons. The molecule has 0 aliphatic carbocycles. The molecule has 0 aliphatic rings. The zero-order chi connectivity index (χ0) is 12.4. The third kappa shape index (κ3) is 2.22. The van der Waals surface area contributed by atoms with Gasteiger partial charge in [-0.05, 0) is 17.7 Å². The summed E-state index contributed by atoms with van der Waals surface area (Å²) in [5.41, 5.74) is 6.51. The molecule has 1 aromatic carbocycles. The summed E-state index contributed by atoms with van der Waals surface area (Å²) in [6.07, 6.45) is 0.0719. The number of carbonyl (C=O) groups excluding carboxylic acids is 1. The first-order chi connectivity index (χ1) is 8.09. The van der Waals surface area contributed by atoms with Crippen LogP contribution in [0, 0.1) is 0 Å². The number of carbonyl (C=O) groups is 1. The highest BCUT2D eigenvalue weighted by Crippen LogP contribution is 2.20. The van der Waals surface area contributed by atoms with E-state index in [9.17, 15) is 15.0 Å². The molecule has 4 N–H and O–H groups in total. The van der Waals surface area contributed by atoms with Gasteiger partial charge >= 0.3 is 0 Å². The Kier molecular flexibility index (Phi) is 2.99. The standard InChI is InChI=1S/C11H11N3O3/c12-11(17)10(16)9(15)6-1-2-7-8(5-6)14-4-3-13-7/h1-5,9-10,15-16H,(H2,12,17). The van der Waals surface area contributed by atoms with E-state index < -0.39 is 18.1 Å². The molecule has 1 aromatic heterocycles. The molecule has 2 unspecified atom stereocenters. The van der Waals surface area contributed by atoms with Crippen molar-refractivity contribution in [3.05, 3.63) is 36.2 Å². The molecule has 2 aromatic rings. The Balaban J connectivity index is 2.39. The number of amides is 1. The maximum Gasteiger partial charge on any atom is 0.249 e. The minimum atomic E-state index is -1.64. The molecule has 0 spiro atoms. The molecule has 88 valence electrons. The topological polar surface area (TPSA) is 109 Å². The summed E-state index contributed by atoms with van der Waals surface area (Å²) in [7, 11) is 0. The lowest BCUT2D eigenvalue weighted by Crippen LogP contribution is -2.33. The van der Waals surface area contributed by atoms with Gasteiger partial charge in [0.15, 0.2) is 6.10 Å². The first kappa shape index (κ1) is 11.4. The average molecular weight is 233 g/mol. The average Bonchev–Trinajstić information content (AvgIpc) is 2.36. The van der Waals surface area contributed by atoms with E-state index in [1.54, 1.807) is 24.4 Å². The Morgan fingerprint density at radius 3 is 2.47 bits per heavy atom. The fourth-order valence-electron chi connectivity index (χ4n) is 1.50. The molecule has 0 saturated carbocycles. The van der Waals surface area contributed by atoms with E-state index in [1.807, 2.05) is 0 Å². The predicted molar refractivity (Wildman–Crippen MR) is 59.7 cm³/mol. The second kappa shape index (κ2) is 4.44. The van der Waals surface area contributed by atoms with Crippen molar-refractivity contribution in [2.75, 3.05) is 0 Å². The molecule has 0 bridgehead atoms. The van der Waals surface area contributed by atoms with Crippen molar-refractivity contribution in [1.82, 2.24) is 9.97 Å². The van der Waals surface area contributed by atoms with Gasteiger partial charge in [-0.25, -0.2) is 0 Å². The number of aliphatic hydroxyl groups is 2. The molecular weight excluding hydrogens is 222 g/mol. The number of nitrogens with zero attached hydrogens (tertiary/aromatic N) is 2. The predicted octanol–water partition coefficient (Wildman–Crippen LogP) is -0.491. The Bertz CT molecular complexity index is 558. The van der Waals surface area contributed by atoms with Gasteiger partial charge in [0, 0.05) is 12.4 Å². The number of primary amides is 1. The second-order valence-corrected chi connectivity index (χ2v) is 3.60. The van der Waals surface area contributed by atoms with Gasteiger partial charge < -0.3 is 15.9 Å². The second-order valence-electron chi connectivity index (χ2n) is 3.60.